The molecule has 1 unspecified atom stereocenters. The Hall–Kier alpha value is -0.790. The Bertz CT molecular complexity index is 334. The van der Waals surface area contributed by atoms with E-state index in [2.05, 4.69) is 32.4 Å². The summed E-state index contributed by atoms with van der Waals surface area (Å²) < 4.78 is 2.25. The van der Waals surface area contributed by atoms with Crippen LogP contribution in [0.5, 0.6) is 0 Å². The summed E-state index contributed by atoms with van der Waals surface area (Å²) in [6, 6.07) is 0.714. The van der Waals surface area contributed by atoms with Crippen LogP contribution in [0.15, 0.2) is 0 Å². The van der Waals surface area contributed by atoms with Crippen LogP contribution in [0.3, 0.4) is 0 Å². The van der Waals surface area contributed by atoms with Gasteiger partial charge >= 0.3 is 0 Å². The molecule has 1 aromatic rings. The molecule has 1 saturated carbocycles. The summed E-state index contributed by atoms with van der Waals surface area (Å²) in [5.74, 6) is 0.605. The minimum Gasteiger partial charge on any atom is -0.266 e. The number of rotatable bonds is 3. The van der Waals surface area contributed by atoms with Gasteiger partial charge in [0.15, 0.2) is 0 Å². The van der Waals surface area contributed by atoms with E-state index in [0.717, 1.165) is 0 Å². The van der Waals surface area contributed by atoms with Crippen molar-refractivity contribution >= 4 is 0 Å². The Balaban J connectivity index is 2.36. The lowest BCUT2D eigenvalue weighted by Crippen LogP contribution is -2.00. The highest BCUT2D eigenvalue weighted by Gasteiger charge is 2.28. The minimum absolute atomic E-state index is 0.605. The van der Waals surface area contributed by atoms with Gasteiger partial charge in [0, 0.05) is 11.6 Å². The van der Waals surface area contributed by atoms with E-state index in [4.69, 9.17) is 5.10 Å². The molecule has 1 atom stereocenters. The Morgan fingerprint density at radius 3 is 2.57 bits per heavy atom. The third-order valence-electron chi connectivity index (χ3n) is 3.46. The summed E-state index contributed by atoms with van der Waals surface area (Å²) in [4.78, 5) is 0. The van der Waals surface area contributed by atoms with E-state index in [9.17, 15) is 0 Å². The Morgan fingerprint density at radius 1 is 1.43 bits per heavy atom. The zero-order chi connectivity index (χ0) is 10.3. The molecule has 0 amide bonds. The molecule has 2 rings (SSSR count). The minimum atomic E-state index is 0.605. The van der Waals surface area contributed by atoms with Gasteiger partial charge in [0.1, 0.15) is 0 Å². The topological polar surface area (TPSA) is 17.8 Å². The Morgan fingerprint density at radius 2 is 2.07 bits per heavy atom. The van der Waals surface area contributed by atoms with Gasteiger partial charge in [-0.3, -0.25) is 4.68 Å². The fraction of sp³-hybridized carbons (Fsp3) is 0.750. The molecule has 1 aliphatic rings. The zero-order valence-corrected chi connectivity index (χ0v) is 9.67. The second kappa shape index (κ2) is 3.41. The third-order valence-corrected chi connectivity index (χ3v) is 3.46. The van der Waals surface area contributed by atoms with E-state index in [1.54, 1.807) is 0 Å². The lowest BCUT2D eigenvalue weighted by molar-refractivity contribution is 0.593. The molecule has 2 nitrogen and oxygen atoms in total. The van der Waals surface area contributed by atoms with E-state index in [1.165, 1.54) is 36.2 Å². The molecule has 1 heterocycles. The van der Waals surface area contributed by atoms with Gasteiger partial charge in [0.05, 0.1) is 11.7 Å². The van der Waals surface area contributed by atoms with Crippen molar-refractivity contribution in [2.24, 2.45) is 0 Å². The molecular formula is C12H20N2. The molecule has 78 valence electrons. The van der Waals surface area contributed by atoms with Crippen molar-refractivity contribution in [2.75, 3.05) is 0 Å². The summed E-state index contributed by atoms with van der Waals surface area (Å²) >= 11 is 0. The van der Waals surface area contributed by atoms with Crippen LogP contribution in [0, 0.1) is 13.8 Å². The molecule has 0 aliphatic heterocycles. The van der Waals surface area contributed by atoms with Crippen LogP contribution in [-0.2, 0) is 0 Å². The molecule has 1 aliphatic carbocycles. The second-order valence-corrected chi connectivity index (χ2v) is 4.58. The highest BCUT2D eigenvalue weighted by atomic mass is 15.3. The maximum Gasteiger partial charge on any atom is 0.0684 e. The van der Waals surface area contributed by atoms with E-state index in [-0.39, 0.29) is 0 Å². The molecule has 0 spiro atoms. The second-order valence-electron chi connectivity index (χ2n) is 4.58. The molecule has 1 fully saturated rings. The van der Waals surface area contributed by atoms with Crippen molar-refractivity contribution in [3.05, 3.63) is 17.0 Å². The van der Waals surface area contributed by atoms with Crippen molar-refractivity contribution < 1.29 is 0 Å². The summed E-state index contributed by atoms with van der Waals surface area (Å²) in [6.07, 6.45) is 3.83. The Kier molecular flexibility index (Phi) is 2.38. The average molecular weight is 192 g/mol. The predicted octanol–water partition coefficient (Wildman–Crippen LogP) is 3.35. The van der Waals surface area contributed by atoms with E-state index in [1.807, 2.05) is 0 Å². The number of nitrogens with zero attached hydrogens (tertiary/aromatic N) is 2. The van der Waals surface area contributed by atoms with E-state index >= 15 is 0 Å². The molecular weight excluding hydrogens is 172 g/mol. The number of aromatic nitrogens is 2. The van der Waals surface area contributed by atoms with Crippen molar-refractivity contribution in [1.29, 1.82) is 0 Å². The molecule has 14 heavy (non-hydrogen) atoms. The largest absolute Gasteiger partial charge is 0.266 e. The van der Waals surface area contributed by atoms with Crippen molar-refractivity contribution in [3.8, 4) is 0 Å². The molecule has 0 radical (unpaired) electrons. The standard InChI is InChI=1S/C12H20N2/c1-5-8(2)12-9(3)10(4)14(13-12)11-6-7-11/h8,11H,5-7H2,1-4H3. The number of hydrogen-bond acceptors (Lipinski definition) is 1. The van der Waals surface area contributed by atoms with Crippen LogP contribution >= 0.6 is 0 Å². The SMILES string of the molecule is CCC(C)c1nn(C2CC2)c(C)c1C. The Labute approximate surface area is 86.3 Å². The van der Waals surface area contributed by atoms with Gasteiger partial charge in [-0.1, -0.05) is 13.8 Å². The molecule has 0 aromatic carbocycles. The number of hydrogen-bond donors (Lipinski definition) is 0. The van der Waals surface area contributed by atoms with Crippen LogP contribution in [0.1, 0.15) is 62.0 Å². The van der Waals surface area contributed by atoms with Gasteiger partial charge in [0.25, 0.3) is 0 Å². The lowest BCUT2D eigenvalue weighted by atomic mass is 10.0. The van der Waals surface area contributed by atoms with Crippen LogP contribution in [0.2, 0.25) is 0 Å². The third kappa shape index (κ3) is 1.47. The summed E-state index contributed by atoms with van der Waals surface area (Å²) in [5.41, 5.74) is 4.10. The predicted molar refractivity (Wildman–Crippen MR) is 58.7 cm³/mol. The molecule has 0 saturated heterocycles. The maximum atomic E-state index is 4.76. The van der Waals surface area contributed by atoms with Gasteiger partial charge in [-0.25, -0.2) is 0 Å². The first-order valence-corrected chi connectivity index (χ1v) is 5.70. The van der Waals surface area contributed by atoms with Crippen LogP contribution in [0.4, 0.5) is 0 Å². The fourth-order valence-electron chi connectivity index (χ4n) is 1.96. The van der Waals surface area contributed by atoms with Crippen molar-refractivity contribution in [2.45, 2.75) is 58.9 Å². The zero-order valence-electron chi connectivity index (χ0n) is 9.67. The van der Waals surface area contributed by atoms with Gasteiger partial charge in [-0.2, -0.15) is 5.10 Å². The fourth-order valence-corrected chi connectivity index (χ4v) is 1.96. The molecule has 0 bridgehead atoms. The maximum absolute atomic E-state index is 4.76. The summed E-state index contributed by atoms with van der Waals surface area (Å²) in [5, 5.41) is 4.76. The first-order chi connectivity index (χ1) is 6.65. The highest BCUT2D eigenvalue weighted by Crippen LogP contribution is 2.37. The first-order valence-electron chi connectivity index (χ1n) is 5.70. The summed E-state index contributed by atoms with van der Waals surface area (Å²) in [6.45, 7) is 8.91. The monoisotopic (exact) mass is 192 g/mol. The quantitative estimate of drug-likeness (QED) is 0.718. The average Bonchev–Trinajstić information content (AvgIpc) is 2.97. The molecule has 0 N–H and O–H groups in total. The lowest BCUT2D eigenvalue weighted by Gasteiger charge is -2.04. The molecule has 2 heteroatoms. The van der Waals surface area contributed by atoms with Crippen LogP contribution in [0.25, 0.3) is 0 Å². The van der Waals surface area contributed by atoms with Crippen molar-refractivity contribution in [3.63, 3.8) is 0 Å². The van der Waals surface area contributed by atoms with Gasteiger partial charge in [-0.05, 0) is 38.7 Å². The summed E-state index contributed by atoms with van der Waals surface area (Å²) in [7, 11) is 0. The van der Waals surface area contributed by atoms with E-state index in [0.29, 0.717) is 12.0 Å². The smallest absolute Gasteiger partial charge is 0.0684 e. The van der Waals surface area contributed by atoms with Crippen molar-refractivity contribution in [1.82, 2.24) is 9.78 Å². The van der Waals surface area contributed by atoms with Gasteiger partial charge in [0.2, 0.25) is 0 Å². The first kappa shape index (κ1) is 9.75. The van der Waals surface area contributed by atoms with Crippen LogP contribution < -0.4 is 0 Å². The van der Waals surface area contributed by atoms with Gasteiger partial charge < -0.3 is 0 Å². The van der Waals surface area contributed by atoms with Crippen LogP contribution in [-0.4, -0.2) is 9.78 Å². The normalized spacial score (nSPS) is 18.6. The van der Waals surface area contributed by atoms with Gasteiger partial charge in [-0.15, -0.1) is 0 Å². The highest BCUT2D eigenvalue weighted by molar-refractivity contribution is 5.27. The van der Waals surface area contributed by atoms with E-state index < -0.39 is 0 Å². The molecule has 1 aromatic heterocycles.